The van der Waals surface area contributed by atoms with Crippen LogP contribution in [0.5, 0.6) is 0 Å². The molecule has 4 rings (SSSR count). The molecule has 0 spiro atoms. The Morgan fingerprint density at radius 1 is 1.20 bits per heavy atom. The van der Waals surface area contributed by atoms with E-state index in [-0.39, 0.29) is 5.69 Å². The van der Waals surface area contributed by atoms with E-state index in [1.165, 1.54) is 25.2 Å². The van der Waals surface area contributed by atoms with Gasteiger partial charge in [0, 0.05) is 12.6 Å². The van der Waals surface area contributed by atoms with Gasteiger partial charge in [0.2, 0.25) is 0 Å². The monoisotopic (exact) mass is 334 g/mol. The van der Waals surface area contributed by atoms with E-state index in [1.807, 2.05) is 18.5 Å². The summed E-state index contributed by atoms with van der Waals surface area (Å²) in [6.07, 6.45) is 9.06. The molecule has 8 heteroatoms. The van der Waals surface area contributed by atoms with Crippen LogP contribution in [0.2, 0.25) is 0 Å². The van der Waals surface area contributed by atoms with Crippen LogP contribution in [0.15, 0.2) is 31.0 Å². The van der Waals surface area contributed by atoms with Crippen molar-refractivity contribution in [1.29, 1.82) is 5.26 Å². The Bertz CT molecular complexity index is 903. The fourth-order valence-electron chi connectivity index (χ4n) is 3.11. The number of hydrogen-bond donors (Lipinski definition) is 2. The molecule has 1 unspecified atom stereocenters. The summed E-state index contributed by atoms with van der Waals surface area (Å²) in [6, 6.07) is 3.92. The van der Waals surface area contributed by atoms with E-state index in [9.17, 15) is 0 Å². The first-order valence-electron chi connectivity index (χ1n) is 8.32. The van der Waals surface area contributed by atoms with E-state index in [0.29, 0.717) is 17.6 Å². The highest BCUT2D eigenvalue weighted by Crippen LogP contribution is 2.21. The van der Waals surface area contributed by atoms with Crippen LogP contribution in [0.3, 0.4) is 0 Å². The molecule has 126 valence electrons. The summed E-state index contributed by atoms with van der Waals surface area (Å²) < 4.78 is 2.18. The standard InChI is InChI=1S/C17H18N8/c18-5-13-7-21-17(9-20-13)24-16-4-15-14(8-22-16)23-11-25(15)10-12-2-1-3-19-6-12/h4,7-9,11-12,19H,1-3,6,10H2,(H,21,22,24). The summed E-state index contributed by atoms with van der Waals surface area (Å²) in [4.78, 5) is 17.0. The van der Waals surface area contributed by atoms with Crippen molar-refractivity contribution in [2.24, 2.45) is 5.92 Å². The van der Waals surface area contributed by atoms with E-state index in [0.717, 1.165) is 30.7 Å². The highest BCUT2D eigenvalue weighted by atomic mass is 15.1. The van der Waals surface area contributed by atoms with Crippen LogP contribution in [-0.2, 0) is 6.54 Å². The molecule has 1 atom stereocenters. The number of nitrogens with one attached hydrogen (secondary N) is 2. The van der Waals surface area contributed by atoms with Gasteiger partial charge >= 0.3 is 0 Å². The van der Waals surface area contributed by atoms with Crippen LogP contribution in [0.25, 0.3) is 11.0 Å². The molecule has 1 saturated heterocycles. The number of aromatic nitrogens is 5. The number of hydrogen-bond acceptors (Lipinski definition) is 7. The van der Waals surface area contributed by atoms with Crippen LogP contribution in [0.4, 0.5) is 11.6 Å². The minimum absolute atomic E-state index is 0.285. The molecule has 2 N–H and O–H groups in total. The third-order valence-corrected chi connectivity index (χ3v) is 4.38. The molecule has 25 heavy (non-hydrogen) atoms. The first kappa shape index (κ1) is 15.5. The predicted molar refractivity (Wildman–Crippen MR) is 93.2 cm³/mol. The van der Waals surface area contributed by atoms with E-state index in [2.05, 4.69) is 35.1 Å². The van der Waals surface area contributed by atoms with E-state index < -0.39 is 0 Å². The zero-order chi connectivity index (χ0) is 17.1. The molecule has 4 heterocycles. The Kier molecular flexibility index (Phi) is 4.23. The van der Waals surface area contributed by atoms with Gasteiger partial charge < -0.3 is 15.2 Å². The Labute approximate surface area is 145 Å². The lowest BCUT2D eigenvalue weighted by molar-refractivity contribution is 0.340. The first-order chi connectivity index (χ1) is 12.3. The van der Waals surface area contributed by atoms with Crippen molar-refractivity contribution in [3.05, 3.63) is 36.7 Å². The molecule has 0 radical (unpaired) electrons. The molecule has 3 aromatic rings. The molecule has 3 aromatic heterocycles. The molecule has 0 amide bonds. The zero-order valence-electron chi connectivity index (χ0n) is 13.7. The summed E-state index contributed by atoms with van der Waals surface area (Å²) >= 11 is 0. The van der Waals surface area contributed by atoms with Crippen LogP contribution < -0.4 is 10.6 Å². The lowest BCUT2D eigenvalue weighted by atomic mass is 10.00. The lowest BCUT2D eigenvalue weighted by Crippen LogP contribution is -2.32. The highest BCUT2D eigenvalue weighted by Gasteiger charge is 2.15. The van der Waals surface area contributed by atoms with E-state index >= 15 is 0 Å². The first-order valence-corrected chi connectivity index (χ1v) is 8.32. The molecule has 1 aliphatic heterocycles. The van der Waals surface area contributed by atoms with Gasteiger partial charge in [0.25, 0.3) is 0 Å². The summed E-state index contributed by atoms with van der Waals surface area (Å²) in [7, 11) is 0. The SMILES string of the molecule is N#Cc1cnc(Nc2cc3c(cn2)ncn3CC2CCCNC2)cn1. The van der Waals surface area contributed by atoms with Gasteiger partial charge in [-0.25, -0.2) is 19.9 Å². The van der Waals surface area contributed by atoms with Crippen molar-refractivity contribution < 1.29 is 0 Å². The molecule has 1 aliphatic rings. The van der Waals surface area contributed by atoms with Gasteiger partial charge in [-0.05, 0) is 31.8 Å². The number of anilines is 2. The summed E-state index contributed by atoms with van der Waals surface area (Å²) in [6.45, 7) is 3.12. The van der Waals surface area contributed by atoms with Gasteiger partial charge in [-0.15, -0.1) is 0 Å². The minimum Gasteiger partial charge on any atom is -0.330 e. The van der Waals surface area contributed by atoms with Gasteiger partial charge in [0.1, 0.15) is 23.2 Å². The van der Waals surface area contributed by atoms with Gasteiger partial charge in [0.15, 0.2) is 5.69 Å². The smallest absolute Gasteiger partial charge is 0.158 e. The van der Waals surface area contributed by atoms with Gasteiger partial charge in [-0.2, -0.15) is 5.26 Å². The van der Waals surface area contributed by atoms with Crippen LogP contribution >= 0.6 is 0 Å². The molecule has 0 aromatic carbocycles. The fourth-order valence-corrected chi connectivity index (χ4v) is 3.11. The quantitative estimate of drug-likeness (QED) is 0.750. The largest absolute Gasteiger partial charge is 0.330 e. The number of pyridine rings is 1. The molecular weight excluding hydrogens is 316 g/mol. The minimum atomic E-state index is 0.285. The van der Waals surface area contributed by atoms with Gasteiger partial charge in [-0.3, -0.25) is 0 Å². The average molecular weight is 334 g/mol. The van der Waals surface area contributed by atoms with Crippen LogP contribution in [0, 0.1) is 17.2 Å². The van der Waals surface area contributed by atoms with E-state index in [1.54, 1.807) is 6.20 Å². The van der Waals surface area contributed by atoms with Crippen molar-refractivity contribution in [3.8, 4) is 6.07 Å². The van der Waals surface area contributed by atoms with Crippen molar-refractivity contribution in [2.45, 2.75) is 19.4 Å². The van der Waals surface area contributed by atoms with Crippen LogP contribution in [0.1, 0.15) is 18.5 Å². The summed E-state index contributed by atoms with van der Waals surface area (Å²) in [5, 5.41) is 15.4. The van der Waals surface area contributed by atoms with Crippen molar-refractivity contribution in [1.82, 2.24) is 29.8 Å². The number of piperidine rings is 1. The second-order valence-electron chi connectivity index (χ2n) is 6.19. The summed E-state index contributed by atoms with van der Waals surface area (Å²) in [5.41, 5.74) is 2.21. The lowest BCUT2D eigenvalue weighted by Gasteiger charge is -2.23. The third kappa shape index (κ3) is 3.41. The fraction of sp³-hybridized carbons (Fsp3) is 0.353. The summed E-state index contributed by atoms with van der Waals surface area (Å²) in [5.74, 6) is 1.85. The third-order valence-electron chi connectivity index (χ3n) is 4.38. The van der Waals surface area contributed by atoms with Gasteiger partial charge in [0.05, 0.1) is 30.4 Å². The number of nitrogens with zero attached hydrogens (tertiary/aromatic N) is 6. The highest BCUT2D eigenvalue weighted by molar-refractivity contribution is 5.78. The Morgan fingerprint density at radius 3 is 2.88 bits per heavy atom. The number of rotatable bonds is 4. The van der Waals surface area contributed by atoms with Gasteiger partial charge in [-0.1, -0.05) is 0 Å². The van der Waals surface area contributed by atoms with Crippen molar-refractivity contribution in [3.63, 3.8) is 0 Å². The van der Waals surface area contributed by atoms with E-state index in [4.69, 9.17) is 5.26 Å². The maximum absolute atomic E-state index is 8.78. The molecule has 8 nitrogen and oxygen atoms in total. The second kappa shape index (κ2) is 6.83. The van der Waals surface area contributed by atoms with Crippen LogP contribution in [-0.4, -0.2) is 37.6 Å². The Hall–Kier alpha value is -3.05. The maximum atomic E-state index is 8.78. The Balaban J connectivity index is 1.55. The molecule has 1 fully saturated rings. The predicted octanol–water partition coefficient (Wildman–Crippen LogP) is 1.84. The average Bonchev–Trinajstić information content (AvgIpc) is 3.05. The molecule has 0 bridgehead atoms. The normalized spacial score (nSPS) is 17.3. The number of fused-ring (bicyclic) bond motifs is 1. The molecule has 0 saturated carbocycles. The zero-order valence-corrected chi connectivity index (χ0v) is 13.7. The maximum Gasteiger partial charge on any atom is 0.158 e. The van der Waals surface area contributed by atoms with Crippen molar-refractivity contribution in [2.75, 3.05) is 18.4 Å². The number of nitriles is 1. The molecular formula is C17H18N8. The Morgan fingerprint density at radius 2 is 2.12 bits per heavy atom. The van der Waals surface area contributed by atoms with Crippen molar-refractivity contribution >= 4 is 22.7 Å². The number of imidazole rings is 1. The molecule has 0 aliphatic carbocycles. The topological polar surface area (TPSA) is 104 Å². The second-order valence-corrected chi connectivity index (χ2v) is 6.19.